The van der Waals surface area contributed by atoms with Crippen LogP contribution < -0.4 is 0 Å². The van der Waals surface area contributed by atoms with Gasteiger partial charge in [0.25, 0.3) is 0 Å². The highest BCUT2D eigenvalue weighted by molar-refractivity contribution is 5.68. The summed E-state index contributed by atoms with van der Waals surface area (Å²) in [6, 6.07) is 0. The number of carbonyl (C=O) groups excluding carboxylic acids is 1. The third-order valence-corrected chi connectivity index (χ3v) is 4.54. The predicted octanol–water partition coefficient (Wildman–Crippen LogP) is 2.80. The summed E-state index contributed by atoms with van der Waals surface area (Å²) < 4.78 is 5.42. The van der Waals surface area contributed by atoms with Crippen LogP contribution in [0.25, 0.3) is 0 Å². The van der Waals surface area contributed by atoms with Gasteiger partial charge in [-0.2, -0.15) is 0 Å². The first kappa shape index (κ1) is 14.6. The fraction of sp³-hybridized carbons (Fsp3) is 0.933. The molecular formula is C15H27NO3. The average molecular weight is 269 g/mol. The minimum atomic E-state index is -0.415. The van der Waals surface area contributed by atoms with Crippen LogP contribution in [0.15, 0.2) is 0 Å². The number of hydrogen-bond acceptors (Lipinski definition) is 3. The van der Waals surface area contributed by atoms with Crippen LogP contribution in [0.2, 0.25) is 0 Å². The number of likely N-dealkylation sites (tertiary alicyclic amines) is 1. The van der Waals surface area contributed by atoms with Gasteiger partial charge in [0.1, 0.15) is 5.60 Å². The molecule has 1 unspecified atom stereocenters. The molecule has 2 rings (SSSR count). The Morgan fingerprint density at radius 2 is 1.95 bits per heavy atom. The second-order valence-corrected chi connectivity index (χ2v) is 7.26. The van der Waals surface area contributed by atoms with Crippen LogP contribution in [0.5, 0.6) is 0 Å². The third-order valence-electron chi connectivity index (χ3n) is 4.54. The number of aliphatic hydroxyl groups is 1. The van der Waals surface area contributed by atoms with Crippen molar-refractivity contribution in [2.45, 2.75) is 58.5 Å². The molecule has 1 saturated heterocycles. The Balaban J connectivity index is 1.84. The van der Waals surface area contributed by atoms with Gasteiger partial charge >= 0.3 is 6.09 Å². The molecule has 4 nitrogen and oxygen atoms in total. The number of amides is 1. The van der Waals surface area contributed by atoms with Crippen molar-refractivity contribution in [3.8, 4) is 0 Å². The average Bonchev–Trinajstić information content (AvgIpc) is 2.71. The van der Waals surface area contributed by atoms with Gasteiger partial charge in [-0.25, -0.2) is 4.79 Å². The zero-order valence-corrected chi connectivity index (χ0v) is 12.4. The van der Waals surface area contributed by atoms with Crippen molar-refractivity contribution in [1.29, 1.82) is 0 Å². The van der Waals surface area contributed by atoms with Crippen molar-refractivity contribution in [2.75, 3.05) is 19.7 Å². The van der Waals surface area contributed by atoms with Crippen molar-refractivity contribution in [3.63, 3.8) is 0 Å². The van der Waals surface area contributed by atoms with Gasteiger partial charge in [-0.1, -0.05) is 0 Å². The van der Waals surface area contributed by atoms with E-state index in [1.54, 1.807) is 0 Å². The lowest BCUT2D eigenvalue weighted by molar-refractivity contribution is 0.00990. The molecule has 0 aromatic rings. The van der Waals surface area contributed by atoms with Gasteiger partial charge in [0.2, 0.25) is 0 Å². The maximum Gasteiger partial charge on any atom is 0.410 e. The normalized spacial score (nSPS) is 26.7. The summed E-state index contributed by atoms with van der Waals surface area (Å²) in [5.41, 5.74) is -0.0343. The van der Waals surface area contributed by atoms with Gasteiger partial charge in [0.05, 0.1) is 0 Å². The smallest absolute Gasteiger partial charge is 0.410 e. The van der Waals surface area contributed by atoms with E-state index in [-0.39, 0.29) is 6.09 Å². The molecule has 1 atom stereocenters. The lowest BCUT2D eigenvalue weighted by atomic mass is 9.76. The van der Waals surface area contributed by atoms with Crippen LogP contribution in [0, 0.1) is 11.3 Å². The minimum Gasteiger partial charge on any atom is -0.444 e. The van der Waals surface area contributed by atoms with Gasteiger partial charge in [-0.15, -0.1) is 0 Å². The Bertz CT molecular complexity index is 327. The monoisotopic (exact) mass is 269 g/mol. The summed E-state index contributed by atoms with van der Waals surface area (Å²) in [6.45, 7) is 7.62. The van der Waals surface area contributed by atoms with Crippen LogP contribution in [0.4, 0.5) is 4.79 Å². The molecule has 0 bridgehead atoms. The van der Waals surface area contributed by atoms with Crippen molar-refractivity contribution >= 4 is 6.09 Å². The lowest BCUT2D eigenvalue weighted by Gasteiger charge is -2.40. The van der Waals surface area contributed by atoms with Gasteiger partial charge in [-0.05, 0) is 64.2 Å². The highest BCUT2D eigenvalue weighted by Gasteiger charge is 2.42. The maximum atomic E-state index is 12.0. The lowest BCUT2D eigenvalue weighted by Crippen LogP contribution is -2.44. The number of piperidine rings is 1. The van der Waals surface area contributed by atoms with Crippen LogP contribution >= 0.6 is 0 Å². The molecule has 19 heavy (non-hydrogen) atoms. The molecule has 1 aliphatic heterocycles. The fourth-order valence-electron chi connectivity index (χ4n) is 3.43. The van der Waals surface area contributed by atoms with Crippen molar-refractivity contribution < 1.29 is 14.6 Å². The minimum absolute atomic E-state index is 0.181. The van der Waals surface area contributed by atoms with Gasteiger partial charge in [0, 0.05) is 19.7 Å². The maximum absolute atomic E-state index is 12.0. The molecule has 1 aliphatic carbocycles. The second-order valence-electron chi connectivity index (χ2n) is 7.26. The van der Waals surface area contributed by atoms with Gasteiger partial charge in [0.15, 0.2) is 0 Å². The van der Waals surface area contributed by atoms with Gasteiger partial charge in [-0.3, -0.25) is 0 Å². The highest BCUT2D eigenvalue weighted by atomic mass is 16.6. The van der Waals surface area contributed by atoms with Crippen LogP contribution in [-0.2, 0) is 4.74 Å². The molecule has 1 N–H and O–H groups in total. The molecule has 0 aromatic heterocycles. The summed E-state index contributed by atoms with van der Waals surface area (Å²) in [4.78, 5) is 13.8. The Morgan fingerprint density at radius 3 is 2.42 bits per heavy atom. The van der Waals surface area contributed by atoms with Crippen molar-refractivity contribution in [2.24, 2.45) is 11.3 Å². The first-order chi connectivity index (χ1) is 8.84. The second kappa shape index (κ2) is 5.31. The SMILES string of the molecule is CC(C)(C)OC(=O)N1CCC2(CCC(CO)C2)CC1. The Labute approximate surface area is 116 Å². The quantitative estimate of drug-likeness (QED) is 0.796. The summed E-state index contributed by atoms with van der Waals surface area (Å²) >= 11 is 0. The number of nitrogens with zero attached hydrogens (tertiary/aromatic N) is 1. The van der Waals surface area contributed by atoms with E-state index in [0.29, 0.717) is 17.9 Å². The molecule has 4 heteroatoms. The van der Waals surface area contributed by atoms with E-state index in [4.69, 9.17) is 4.74 Å². The molecule has 1 saturated carbocycles. The molecule has 0 radical (unpaired) electrons. The standard InChI is InChI=1S/C15H27NO3/c1-14(2,3)19-13(18)16-8-6-15(7-9-16)5-4-12(10-15)11-17/h12,17H,4-11H2,1-3H3. The Morgan fingerprint density at radius 1 is 1.32 bits per heavy atom. The van der Waals surface area contributed by atoms with E-state index < -0.39 is 5.60 Å². The van der Waals surface area contributed by atoms with Crippen molar-refractivity contribution in [3.05, 3.63) is 0 Å². The number of hydrogen-bond donors (Lipinski definition) is 1. The zero-order chi connectivity index (χ0) is 14.1. The number of rotatable bonds is 1. The summed E-state index contributed by atoms with van der Waals surface area (Å²) in [5, 5.41) is 9.26. The number of ether oxygens (including phenoxy) is 1. The predicted molar refractivity (Wildman–Crippen MR) is 73.9 cm³/mol. The molecule has 1 spiro atoms. The van der Waals surface area contributed by atoms with Crippen LogP contribution in [-0.4, -0.2) is 41.4 Å². The van der Waals surface area contributed by atoms with Gasteiger partial charge < -0.3 is 14.7 Å². The van der Waals surface area contributed by atoms with E-state index in [1.165, 1.54) is 6.42 Å². The zero-order valence-electron chi connectivity index (χ0n) is 12.4. The third kappa shape index (κ3) is 3.62. The van der Waals surface area contributed by atoms with E-state index in [1.807, 2.05) is 25.7 Å². The van der Waals surface area contributed by atoms with E-state index in [0.717, 1.165) is 38.8 Å². The molecule has 2 aliphatic rings. The molecular weight excluding hydrogens is 242 g/mol. The molecule has 110 valence electrons. The van der Waals surface area contributed by atoms with Crippen LogP contribution in [0.3, 0.4) is 0 Å². The molecule has 1 amide bonds. The first-order valence-electron chi connectivity index (χ1n) is 7.42. The fourth-order valence-corrected chi connectivity index (χ4v) is 3.43. The highest BCUT2D eigenvalue weighted by Crippen LogP contribution is 2.48. The molecule has 0 aromatic carbocycles. The topological polar surface area (TPSA) is 49.8 Å². The van der Waals surface area contributed by atoms with E-state index >= 15 is 0 Å². The first-order valence-corrected chi connectivity index (χ1v) is 7.42. The Kier molecular flexibility index (Phi) is 4.09. The molecule has 1 heterocycles. The summed E-state index contributed by atoms with van der Waals surface area (Å²) in [7, 11) is 0. The largest absolute Gasteiger partial charge is 0.444 e. The van der Waals surface area contributed by atoms with Crippen LogP contribution in [0.1, 0.15) is 52.9 Å². The molecule has 2 fully saturated rings. The number of carbonyl (C=O) groups is 1. The Hall–Kier alpha value is -0.770. The summed E-state index contributed by atoms with van der Waals surface area (Å²) in [5.74, 6) is 0.480. The van der Waals surface area contributed by atoms with E-state index in [2.05, 4.69) is 0 Å². The number of aliphatic hydroxyl groups excluding tert-OH is 1. The van der Waals surface area contributed by atoms with Crippen molar-refractivity contribution in [1.82, 2.24) is 4.90 Å². The summed E-state index contributed by atoms with van der Waals surface area (Å²) in [6.07, 6.45) is 5.42. The van der Waals surface area contributed by atoms with E-state index in [9.17, 15) is 9.90 Å².